The van der Waals surface area contributed by atoms with E-state index in [-0.39, 0.29) is 0 Å². The second-order valence-electron chi connectivity index (χ2n) is 4.81. The summed E-state index contributed by atoms with van der Waals surface area (Å²) in [6.07, 6.45) is 4.78. The van der Waals surface area contributed by atoms with Crippen molar-refractivity contribution in [3.05, 3.63) is 34.5 Å². The van der Waals surface area contributed by atoms with Crippen molar-refractivity contribution in [1.29, 1.82) is 0 Å². The Morgan fingerprint density at radius 1 is 1.52 bits per heavy atom. The summed E-state index contributed by atoms with van der Waals surface area (Å²) >= 11 is 1.68. The van der Waals surface area contributed by atoms with Gasteiger partial charge in [0.15, 0.2) is 5.96 Å². The molecule has 0 aliphatic heterocycles. The average molecular weight is 306 g/mol. The van der Waals surface area contributed by atoms with Gasteiger partial charge in [-0.1, -0.05) is 0 Å². The minimum Gasteiger partial charge on any atom is -0.356 e. The van der Waals surface area contributed by atoms with E-state index in [1.807, 2.05) is 30.9 Å². The fraction of sp³-hybridized carbons (Fsp3) is 0.500. The Bertz CT molecular complexity index is 560. The van der Waals surface area contributed by atoms with E-state index in [0.29, 0.717) is 0 Å². The van der Waals surface area contributed by atoms with Crippen molar-refractivity contribution in [3.63, 3.8) is 0 Å². The third-order valence-corrected chi connectivity index (χ3v) is 3.87. The SMILES string of the molecule is CN=C(NCCCn1cccn1)N(C)Cc1csc(C)n1. The highest BCUT2D eigenvalue weighted by Crippen LogP contribution is 2.09. The normalized spacial score (nSPS) is 11.7. The number of nitrogens with one attached hydrogen (secondary N) is 1. The number of thiazole rings is 1. The Labute approximate surface area is 129 Å². The van der Waals surface area contributed by atoms with E-state index in [0.717, 1.165) is 42.7 Å². The van der Waals surface area contributed by atoms with E-state index >= 15 is 0 Å². The zero-order valence-electron chi connectivity index (χ0n) is 12.8. The van der Waals surface area contributed by atoms with Gasteiger partial charge in [-0.2, -0.15) is 5.10 Å². The summed E-state index contributed by atoms with van der Waals surface area (Å²) in [6.45, 7) is 4.57. The number of hydrogen-bond donors (Lipinski definition) is 1. The smallest absolute Gasteiger partial charge is 0.193 e. The molecule has 6 nitrogen and oxygen atoms in total. The lowest BCUT2D eigenvalue weighted by Gasteiger charge is -2.21. The Hall–Kier alpha value is -1.89. The first-order chi connectivity index (χ1) is 10.2. The fourth-order valence-corrected chi connectivity index (χ4v) is 2.66. The summed E-state index contributed by atoms with van der Waals surface area (Å²) in [6, 6.07) is 1.94. The van der Waals surface area contributed by atoms with Gasteiger partial charge in [-0.15, -0.1) is 11.3 Å². The Morgan fingerprint density at radius 3 is 3.00 bits per heavy atom. The zero-order chi connectivity index (χ0) is 15.1. The molecule has 2 aromatic rings. The predicted octanol–water partition coefficient (Wildman–Crippen LogP) is 1.75. The van der Waals surface area contributed by atoms with Crippen molar-refractivity contribution >= 4 is 17.3 Å². The van der Waals surface area contributed by atoms with Crippen LogP contribution < -0.4 is 5.32 Å². The number of guanidine groups is 1. The van der Waals surface area contributed by atoms with Gasteiger partial charge in [0.1, 0.15) is 0 Å². The maximum atomic E-state index is 4.48. The standard InChI is InChI=1S/C14H22N6S/c1-12-18-13(11-21-12)10-19(3)14(15-2)16-6-4-8-20-9-5-7-17-20/h5,7,9,11H,4,6,8,10H2,1-3H3,(H,15,16). The minimum absolute atomic E-state index is 0.767. The molecule has 7 heteroatoms. The van der Waals surface area contributed by atoms with E-state index < -0.39 is 0 Å². The highest BCUT2D eigenvalue weighted by atomic mass is 32.1. The first kappa shape index (κ1) is 15.5. The van der Waals surface area contributed by atoms with Crippen LogP contribution in [0.25, 0.3) is 0 Å². The molecule has 0 bridgehead atoms. The van der Waals surface area contributed by atoms with Crippen LogP contribution in [-0.2, 0) is 13.1 Å². The van der Waals surface area contributed by atoms with Gasteiger partial charge in [0.2, 0.25) is 0 Å². The van der Waals surface area contributed by atoms with Crippen molar-refractivity contribution in [2.45, 2.75) is 26.4 Å². The molecule has 1 N–H and O–H groups in total. The molecule has 0 aromatic carbocycles. The summed E-state index contributed by atoms with van der Waals surface area (Å²) in [4.78, 5) is 10.9. The third kappa shape index (κ3) is 4.86. The van der Waals surface area contributed by atoms with E-state index in [2.05, 4.69) is 30.7 Å². The van der Waals surface area contributed by atoms with E-state index in [4.69, 9.17) is 0 Å². The van der Waals surface area contributed by atoms with Gasteiger partial charge in [-0.05, 0) is 19.4 Å². The topological polar surface area (TPSA) is 58.3 Å². The van der Waals surface area contributed by atoms with Gasteiger partial charge < -0.3 is 10.2 Å². The lowest BCUT2D eigenvalue weighted by Crippen LogP contribution is -2.39. The van der Waals surface area contributed by atoms with E-state index in [1.165, 1.54) is 0 Å². The van der Waals surface area contributed by atoms with Gasteiger partial charge in [0.25, 0.3) is 0 Å². The third-order valence-electron chi connectivity index (χ3n) is 3.05. The molecule has 0 saturated carbocycles. The number of aryl methyl sites for hydroxylation is 2. The fourth-order valence-electron chi connectivity index (χ4n) is 2.06. The Kier molecular flexibility index (Phi) is 5.74. The number of hydrogen-bond acceptors (Lipinski definition) is 4. The average Bonchev–Trinajstić information content (AvgIpc) is 3.10. The largest absolute Gasteiger partial charge is 0.356 e. The van der Waals surface area contributed by atoms with E-state index in [9.17, 15) is 0 Å². The second-order valence-corrected chi connectivity index (χ2v) is 5.87. The maximum absolute atomic E-state index is 4.48. The summed E-state index contributed by atoms with van der Waals surface area (Å²) < 4.78 is 1.94. The van der Waals surface area contributed by atoms with E-state index in [1.54, 1.807) is 24.6 Å². The lowest BCUT2D eigenvalue weighted by atomic mass is 10.4. The van der Waals surface area contributed by atoms with Crippen molar-refractivity contribution in [3.8, 4) is 0 Å². The maximum Gasteiger partial charge on any atom is 0.193 e. The summed E-state index contributed by atoms with van der Waals surface area (Å²) in [5, 5.41) is 10.7. The number of rotatable bonds is 6. The van der Waals surface area contributed by atoms with Gasteiger partial charge >= 0.3 is 0 Å². The quantitative estimate of drug-likeness (QED) is 0.502. The molecular formula is C14H22N6S. The summed E-state index contributed by atoms with van der Waals surface area (Å²) in [7, 11) is 3.83. The molecule has 0 unspecified atom stereocenters. The predicted molar refractivity (Wildman–Crippen MR) is 86.5 cm³/mol. The lowest BCUT2D eigenvalue weighted by molar-refractivity contribution is 0.466. The van der Waals surface area contributed by atoms with Gasteiger partial charge in [-0.25, -0.2) is 4.98 Å². The first-order valence-corrected chi connectivity index (χ1v) is 7.87. The minimum atomic E-state index is 0.767. The Balaban J connectivity index is 1.74. The second kappa shape index (κ2) is 7.78. The highest BCUT2D eigenvalue weighted by molar-refractivity contribution is 7.09. The van der Waals surface area contributed by atoms with Gasteiger partial charge in [0, 0.05) is 45.0 Å². The van der Waals surface area contributed by atoms with Crippen molar-refractivity contribution < 1.29 is 0 Å². The van der Waals surface area contributed by atoms with Crippen LogP contribution in [0.1, 0.15) is 17.1 Å². The van der Waals surface area contributed by atoms with Crippen LogP contribution >= 0.6 is 11.3 Å². The molecule has 2 aromatic heterocycles. The molecule has 0 radical (unpaired) electrons. The van der Waals surface area contributed by atoms with Crippen LogP contribution in [0.4, 0.5) is 0 Å². The van der Waals surface area contributed by atoms with Crippen LogP contribution in [-0.4, -0.2) is 46.3 Å². The first-order valence-electron chi connectivity index (χ1n) is 6.99. The zero-order valence-corrected chi connectivity index (χ0v) is 13.6. The molecule has 0 aliphatic carbocycles. The number of aliphatic imine (C=N–C) groups is 1. The van der Waals surface area contributed by atoms with Crippen LogP contribution in [0.2, 0.25) is 0 Å². The highest BCUT2D eigenvalue weighted by Gasteiger charge is 2.08. The van der Waals surface area contributed by atoms with Crippen LogP contribution in [0.3, 0.4) is 0 Å². The molecule has 0 saturated heterocycles. The molecule has 0 atom stereocenters. The summed E-state index contributed by atoms with van der Waals surface area (Å²) in [5.41, 5.74) is 1.08. The molecule has 0 spiro atoms. The van der Waals surface area contributed by atoms with Crippen LogP contribution in [0, 0.1) is 6.92 Å². The molecule has 0 aliphatic rings. The molecule has 0 amide bonds. The number of aromatic nitrogens is 3. The molecule has 2 rings (SSSR count). The van der Waals surface area contributed by atoms with Crippen LogP contribution in [0.15, 0.2) is 28.8 Å². The number of nitrogens with zero attached hydrogens (tertiary/aromatic N) is 5. The van der Waals surface area contributed by atoms with Crippen molar-refractivity contribution in [2.75, 3.05) is 20.6 Å². The molecule has 0 fully saturated rings. The summed E-state index contributed by atoms with van der Waals surface area (Å²) in [5.74, 6) is 0.890. The molecule has 114 valence electrons. The van der Waals surface area contributed by atoms with Gasteiger partial charge in [-0.3, -0.25) is 9.67 Å². The molecule has 21 heavy (non-hydrogen) atoms. The molecule has 2 heterocycles. The monoisotopic (exact) mass is 306 g/mol. The Morgan fingerprint density at radius 2 is 2.38 bits per heavy atom. The van der Waals surface area contributed by atoms with Crippen molar-refractivity contribution in [1.82, 2.24) is 25.0 Å². The molecular weight excluding hydrogens is 284 g/mol. The van der Waals surface area contributed by atoms with Gasteiger partial charge in [0.05, 0.1) is 17.2 Å². The van der Waals surface area contributed by atoms with Crippen molar-refractivity contribution in [2.24, 2.45) is 4.99 Å². The van der Waals surface area contributed by atoms with Crippen LogP contribution in [0.5, 0.6) is 0 Å².